The summed E-state index contributed by atoms with van der Waals surface area (Å²) in [6.45, 7) is 3.41. The van der Waals surface area contributed by atoms with Gasteiger partial charge in [0.15, 0.2) is 0 Å². The first-order valence-corrected chi connectivity index (χ1v) is 9.20. The second kappa shape index (κ2) is 7.87. The summed E-state index contributed by atoms with van der Waals surface area (Å²) >= 11 is 0. The zero-order chi connectivity index (χ0) is 19.3. The highest BCUT2D eigenvalue weighted by Crippen LogP contribution is 2.25. The van der Waals surface area contributed by atoms with E-state index < -0.39 is 22.0 Å². The number of carboxylic acids is 1. The summed E-state index contributed by atoms with van der Waals surface area (Å²) in [5, 5.41) is 14.4. The van der Waals surface area contributed by atoms with Crippen molar-refractivity contribution in [1.82, 2.24) is 10.0 Å². The van der Waals surface area contributed by atoms with Crippen molar-refractivity contribution < 1.29 is 23.1 Å². The number of carboxylic acid groups (broad SMARTS) is 1. The lowest BCUT2D eigenvalue weighted by molar-refractivity contribution is 0.0697. The van der Waals surface area contributed by atoms with Crippen molar-refractivity contribution in [3.8, 4) is 0 Å². The quantitative estimate of drug-likeness (QED) is 0.613. The van der Waals surface area contributed by atoms with Gasteiger partial charge in [-0.25, -0.2) is 22.7 Å². The highest BCUT2D eigenvalue weighted by atomic mass is 32.2. The average Bonchev–Trinajstić information content (AvgIpc) is 2.54. The lowest BCUT2D eigenvalue weighted by atomic mass is 10.2. The lowest BCUT2D eigenvalue weighted by Crippen LogP contribution is -2.42. The number of urea groups is 1. The van der Waals surface area contributed by atoms with Gasteiger partial charge in [0, 0.05) is 11.7 Å². The van der Waals surface area contributed by atoms with Gasteiger partial charge in [-0.3, -0.25) is 0 Å². The van der Waals surface area contributed by atoms with Crippen molar-refractivity contribution in [2.24, 2.45) is 0 Å². The van der Waals surface area contributed by atoms with E-state index in [9.17, 15) is 18.0 Å². The molecule has 2 aromatic rings. The molecule has 2 aromatic carbocycles. The van der Waals surface area contributed by atoms with Gasteiger partial charge < -0.3 is 15.7 Å². The summed E-state index contributed by atoms with van der Waals surface area (Å²) in [6.07, 6.45) is 0. The fourth-order valence-corrected chi connectivity index (χ4v) is 3.24. The Kier molecular flexibility index (Phi) is 5.83. The zero-order valence-electron chi connectivity index (χ0n) is 14.2. The maximum atomic E-state index is 12.5. The predicted molar refractivity (Wildman–Crippen MR) is 97.1 cm³/mol. The van der Waals surface area contributed by atoms with Crippen LogP contribution in [0.1, 0.15) is 24.2 Å². The number of sulfonamides is 1. The third-order valence-corrected chi connectivity index (χ3v) is 4.60. The standard InChI is InChI=1S/C17H19N3O5S/c1-11(2)18-17(23)20-26(24,25)15-9-4-3-8-14(15)19-13-7-5-6-12(10-13)16(21)22/h3-11,19H,1-2H3,(H,21,22)(H2,18,20,23). The number of carbonyl (C=O) groups excluding carboxylic acids is 1. The molecule has 26 heavy (non-hydrogen) atoms. The Labute approximate surface area is 151 Å². The summed E-state index contributed by atoms with van der Waals surface area (Å²) in [5.74, 6) is -1.10. The van der Waals surface area contributed by atoms with Crippen LogP contribution in [0.5, 0.6) is 0 Å². The molecule has 0 aromatic heterocycles. The van der Waals surface area contributed by atoms with Crippen LogP contribution in [0, 0.1) is 0 Å². The maximum absolute atomic E-state index is 12.5. The molecule has 0 unspecified atom stereocenters. The highest BCUT2D eigenvalue weighted by Gasteiger charge is 2.21. The van der Waals surface area contributed by atoms with E-state index >= 15 is 0 Å². The van der Waals surface area contributed by atoms with Gasteiger partial charge in [0.1, 0.15) is 4.90 Å². The van der Waals surface area contributed by atoms with Gasteiger partial charge in [0.2, 0.25) is 0 Å². The van der Waals surface area contributed by atoms with Crippen LogP contribution < -0.4 is 15.4 Å². The van der Waals surface area contributed by atoms with Crippen LogP contribution in [0.25, 0.3) is 0 Å². The third kappa shape index (κ3) is 4.96. The Morgan fingerprint density at radius 1 is 1.04 bits per heavy atom. The van der Waals surface area contributed by atoms with Gasteiger partial charge in [-0.05, 0) is 44.2 Å². The molecular weight excluding hydrogens is 358 g/mol. The van der Waals surface area contributed by atoms with Crippen LogP contribution >= 0.6 is 0 Å². The SMILES string of the molecule is CC(C)NC(=O)NS(=O)(=O)c1ccccc1Nc1cccc(C(=O)O)c1. The number of anilines is 2. The van der Waals surface area contributed by atoms with Crippen molar-refractivity contribution >= 4 is 33.4 Å². The third-order valence-electron chi connectivity index (χ3n) is 3.21. The smallest absolute Gasteiger partial charge is 0.335 e. The number of hydrogen-bond acceptors (Lipinski definition) is 5. The molecule has 0 fully saturated rings. The molecule has 0 radical (unpaired) electrons. The first kappa shape index (κ1) is 19.3. The first-order valence-electron chi connectivity index (χ1n) is 7.72. The molecule has 0 saturated heterocycles. The van der Waals surface area contributed by atoms with E-state index in [0.717, 1.165) is 0 Å². The minimum Gasteiger partial charge on any atom is -0.478 e. The monoisotopic (exact) mass is 377 g/mol. The number of benzene rings is 2. The summed E-state index contributed by atoms with van der Waals surface area (Å²) in [7, 11) is -4.12. The Hall–Kier alpha value is -3.07. The molecule has 0 aliphatic heterocycles. The average molecular weight is 377 g/mol. The van der Waals surface area contributed by atoms with Crippen LogP contribution in [0.2, 0.25) is 0 Å². The summed E-state index contributed by atoms with van der Waals surface area (Å²) < 4.78 is 27.0. The van der Waals surface area contributed by atoms with Crippen molar-refractivity contribution in [1.29, 1.82) is 0 Å². The number of amides is 2. The fourth-order valence-electron chi connectivity index (χ4n) is 2.16. The molecule has 2 amide bonds. The van der Waals surface area contributed by atoms with Gasteiger partial charge >= 0.3 is 12.0 Å². The molecule has 0 aliphatic rings. The van der Waals surface area contributed by atoms with Crippen LogP contribution in [0.3, 0.4) is 0 Å². The van der Waals surface area contributed by atoms with Gasteiger partial charge in [0.25, 0.3) is 10.0 Å². The van der Waals surface area contributed by atoms with Gasteiger partial charge in [-0.15, -0.1) is 0 Å². The van der Waals surface area contributed by atoms with Gasteiger partial charge in [-0.2, -0.15) is 0 Å². The van der Waals surface area contributed by atoms with E-state index in [1.165, 1.54) is 36.4 Å². The Morgan fingerprint density at radius 3 is 2.38 bits per heavy atom. The van der Waals surface area contributed by atoms with E-state index in [0.29, 0.717) is 5.69 Å². The predicted octanol–water partition coefficient (Wildman–Crippen LogP) is 2.52. The van der Waals surface area contributed by atoms with Crippen LogP contribution in [-0.4, -0.2) is 31.6 Å². The molecule has 9 heteroatoms. The molecular formula is C17H19N3O5S. The molecule has 138 valence electrons. The molecule has 0 spiro atoms. The van der Waals surface area contributed by atoms with Crippen molar-refractivity contribution in [3.05, 3.63) is 54.1 Å². The van der Waals surface area contributed by atoms with Crippen molar-refractivity contribution in [2.45, 2.75) is 24.8 Å². The van der Waals surface area contributed by atoms with E-state index in [1.807, 2.05) is 4.72 Å². The molecule has 0 bridgehead atoms. The Morgan fingerprint density at radius 2 is 1.73 bits per heavy atom. The van der Waals surface area contributed by atoms with Crippen LogP contribution in [-0.2, 0) is 10.0 Å². The number of nitrogens with one attached hydrogen (secondary N) is 3. The highest BCUT2D eigenvalue weighted by molar-refractivity contribution is 7.90. The van der Waals surface area contributed by atoms with E-state index in [1.54, 1.807) is 26.0 Å². The molecule has 0 atom stereocenters. The van der Waals surface area contributed by atoms with E-state index in [4.69, 9.17) is 5.11 Å². The fraction of sp³-hybridized carbons (Fsp3) is 0.176. The number of carbonyl (C=O) groups is 2. The minimum absolute atomic E-state index is 0.0600. The lowest BCUT2D eigenvalue weighted by Gasteiger charge is -2.15. The number of hydrogen-bond donors (Lipinski definition) is 4. The first-order chi connectivity index (χ1) is 12.2. The Balaban J connectivity index is 2.31. The maximum Gasteiger partial charge on any atom is 0.335 e. The van der Waals surface area contributed by atoms with Crippen LogP contribution in [0.15, 0.2) is 53.4 Å². The van der Waals surface area contributed by atoms with E-state index in [-0.39, 0.29) is 22.2 Å². The number of rotatable bonds is 6. The summed E-state index contributed by atoms with van der Waals surface area (Å²) in [4.78, 5) is 22.7. The van der Waals surface area contributed by atoms with Crippen LogP contribution in [0.4, 0.5) is 16.2 Å². The van der Waals surface area contributed by atoms with E-state index in [2.05, 4.69) is 10.6 Å². The number of para-hydroxylation sites is 1. The molecule has 4 N–H and O–H groups in total. The van der Waals surface area contributed by atoms with Crippen molar-refractivity contribution in [3.63, 3.8) is 0 Å². The van der Waals surface area contributed by atoms with Gasteiger partial charge in [0.05, 0.1) is 11.3 Å². The second-order valence-corrected chi connectivity index (χ2v) is 7.39. The topological polar surface area (TPSA) is 125 Å². The number of aromatic carboxylic acids is 1. The van der Waals surface area contributed by atoms with Crippen molar-refractivity contribution in [2.75, 3.05) is 5.32 Å². The molecule has 8 nitrogen and oxygen atoms in total. The summed E-state index contributed by atoms with van der Waals surface area (Å²) in [6, 6.07) is 10.9. The second-order valence-electron chi connectivity index (χ2n) is 5.74. The molecule has 0 aliphatic carbocycles. The molecule has 0 saturated carbocycles. The minimum atomic E-state index is -4.12. The normalized spacial score (nSPS) is 11.0. The summed E-state index contributed by atoms with van der Waals surface area (Å²) in [5.41, 5.74) is 0.670. The molecule has 0 heterocycles. The molecule has 2 rings (SSSR count). The van der Waals surface area contributed by atoms with Gasteiger partial charge in [-0.1, -0.05) is 18.2 Å². The Bertz CT molecular complexity index is 926. The largest absolute Gasteiger partial charge is 0.478 e. The zero-order valence-corrected chi connectivity index (χ0v) is 15.0.